The Kier molecular flexibility index (Phi) is 3.83. The average molecular weight is 290 g/mol. The first-order valence-corrected chi connectivity index (χ1v) is 16.9. The van der Waals surface area contributed by atoms with Crippen LogP contribution >= 0.6 is 20.8 Å². The molecule has 0 aliphatic carbocycles. The topological polar surface area (TPSA) is 9.23 Å². The van der Waals surface area contributed by atoms with Crippen LogP contribution in [0.5, 0.6) is 0 Å². The van der Waals surface area contributed by atoms with Gasteiger partial charge in [-0.3, -0.25) is 0 Å². The Morgan fingerprint density at radius 3 is 1.11 bits per heavy atom. The van der Waals surface area contributed by atoms with Crippen molar-refractivity contribution in [1.29, 1.82) is 0 Å². The SMILES string of the molecule is C[As](C)(=S)O[As](C)(C)=S. The molecule has 0 amide bonds. The summed E-state index contributed by atoms with van der Waals surface area (Å²) in [5, 5.41) is 0. The van der Waals surface area contributed by atoms with E-state index in [1.54, 1.807) is 0 Å². The van der Waals surface area contributed by atoms with Crippen molar-refractivity contribution in [2.45, 2.75) is 22.8 Å². The van der Waals surface area contributed by atoms with E-state index in [1.807, 2.05) is 22.8 Å². The molecule has 0 aromatic heterocycles. The number of hydrogen-bond donors (Lipinski definition) is 0. The van der Waals surface area contributed by atoms with Gasteiger partial charge in [0.2, 0.25) is 0 Å². The predicted octanol–water partition coefficient (Wildman–Crippen LogP) is 2.80. The molecule has 0 unspecified atom stereocenters. The first-order chi connectivity index (χ1) is 3.71. The fourth-order valence-corrected chi connectivity index (χ4v) is 22.9. The van der Waals surface area contributed by atoms with Gasteiger partial charge in [-0.05, 0) is 0 Å². The zero-order valence-corrected chi connectivity index (χ0v) is 11.5. The van der Waals surface area contributed by atoms with E-state index in [-0.39, 0.29) is 0 Å². The molecule has 9 heavy (non-hydrogen) atoms. The van der Waals surface area contributed by atoms with Crippen LogP contribution in [0.3, 0.4) is 0 Å². The van der Waals surface area contributed by atoms with E-state index in [4.69, 9.17) is 23.5 Å². The van der Waals surface area contributed by atoms with E-state index < -0.39 is 24.4 Å². The van der Waals surface area contributed by atoms with E-state index in [2.05, 4.69) is 0 Å². The third-order valence-corrected chi connectivity index (χ3v) is 14.2. The molecule has 0 bridgehead atoms. The molecule has 1 nitrogen and oxygen atoms in total. The molecule has 0 radical (unpaired) electrons. The average Bonchev–Trinajstić information content (AvgIpc) is 1.14. The first kappa shape index (κ1) is 10.5. The van der Waals surface area contributed by atoms with Gasteiger partial charge in [-0.2, -0.15) is 0 Å². The molecule has 0 heterocycles. The van der Waals surface area contributed by atoms with Gasteiger partial charge in [-0.25, -0.2) is 0 Å². The minimum atomic E-state index is -2.04. The van der Waals surface area contributed by atoms with Crippen LogP contribution in [-0.2, 0) is 2.72 Å². The molecule has 5 heteroatoms. The van der Waals surface area contributed by atoms with Crippen LogP contribution in [0.25, 0.3) is 0 Å². The zero-order chi connectivity index (χ0) is 7.71. The summed E-state index contributed by atoms with van der Waals surface area (Å²) in [5.74, 6) is 0. The zero-order valence-electron chi connectivity index (χ0n) is 6.12. The van der Waals surface area contributed by atoms with Crippen molar-refractivity contribution in [3.63, 3.8) is 0 Å². The Bertz CT molecular complexity index is 157. The van der Waals surface area contributed by atoms with Crippen LogP contribution in [0.15, 0.2) is 0 Å². The van der Waals surface area contributed by atoms with Crippen molar-refractivity contribution in [3.8, 4) is 0 Å². The van der Waals surface area contributed by atoms with Gasteiger partial charge in [0, 0.05) is 0 Å². The third-order valence-electron chi connectivity index (χ3n) is 0.393. The van der Waals surface area contributed by atoms with Crippen molar-refractivity contribution >= 4 is 45.2 Å². The molecule has 0 aliphatic rings. The van der Waals surface area contributed by atoms with Crippen molar-refractivity contribution in [2.75, 3.05) is 0 Å². The molecule has 0 rings (SSSR count). The van der Waals surface area contributed by atoms with Gasteiger partial charge in [0.25, 0.3) is 0 Å². The van der Waals surface area contributed by atoms with E-state index in [0.717, 1.165) is 0 Å². The predicted molar refractivity (Wildman–Crippen MR) is 51.2 cm³/mol. The van der Waals surface area contributed by atoms with Crippen molar-refractivity contribution < 1.29 is 2.72 Å². The van der Waals surface area contributed by atoms with Gasteiger partial charge < -0.3 is 0 Å². The van der Waals surface area contributed by atoms with Gasteiger partial charge in [0.1, 0.15) is 0 Å². The summed E-state index contributed by atoms with van der Waals surface area (Å²) in [6.45, 7) is 0. The minimum absolute atomic E-state index is 2.03. The summed E-state index contributed by atoms with van der Waals surface area (Å²) in [5.41, 5.74) is 8.12. The maximum atomic E-state index is 5.60. The van der Waals surface area contributed by atoms with Gasteiger partial charge in [0.05, 0.1) is 0 Å². The third kappa shape index (κ3) is 9.52. The molecule has 0 atom stereocenters. The summed E-state index contributed by atoms with van der Waals surface area (Å²) in [6, 6.07) is 0. The molecule has 0 saturated carbocycles. The van der Waals surface area contributed by atoms with Crippen molar-refractivity contribution in [1.82, 2.24) is 0 Å². The normalized spacial score (nSPS) is 13.8. The van der Waals surface area contributed by atoms with Crippen LogP contribution in [0.4, 0.5) is 0 Å². The van der Waals surface area contributed by atoms with Crippen LogP contribution in [0.1, 0.15) is 0 Å². The monoisotopic (exact) mass is 290 g/mol. The molecule has 0 fully saturated rings. The molecule has 0 aromatic carbocycles. The van der Waals surface area contributed by atoms with Gasteiger partial charge in [-0.1, -0.05) is 0 Å². The second-order valence-corrected chi connectivity index (χ2v) is 24.4. The summed E-state index contributed by atoms with van der Waals surface area (Å²) in [6.07, 6.45) is 0. The Morgan fingerprint density at radius 2 is 1.11 bits per heavy atom. The molecule has 0 saturated heterocycles. The Labute approximate surface area is 70.3 Å². The van der Waals surface area contributed by atoms with E-state index in [9.17, 15) is 0 Å². The van der Waals surface area contributed by atoms with E-state index in [0.29, 0.717) is 0 Å². The Morgan fingerprint density at radius 1 is 0.889 bits per heavy atom. The maximum absolute atomic E-state index is 5.60. The summed E-state index contributed by atoms with van der Waals surface area (Å²) in [4.78, 5) is 0. The van der Waals surface area contributed by atoms with Crippen molar-refractivity contribution in [2.24, 2.45) is 0 Å². The second-order valence-electron chi connectivity index (χ2n) is 2.59. The van der Waals surface area contributed by atoms with Crippen LogP contribution in [0, 0.1) is 0 Å². The van der Waals surface area contributed by atoms with E-state index >= 15 is 0 Å². The molecular formula is C4H12As2OS2. The quantitative estimate of drug-likeness (QED) is 0.724. The summed E-state index contributed by atoms with van der Waals surface area (Å²) >= 11 is -4.08. The number of rotatable bonds is 2. The molecule has 0 N–H and O–H groups in total. The van der Waals surface area contributed by atoms with E-state index in [1.165, 1.54) is 0 Å². The molecule has 56 valence electrons. The van der Waals surface area contributed by atoms with Crippen LogP contribution in [-0.4, -0.2) is 24.4 Å². The second kappa shape index (κ2) is 3.28. The summed E-state index contributed by atoms with van der Waals surface area (Å²) < 4.78 is 5.60. The number of hydrogen-bond acceptors (Lipinski definition) is 3. The van der Waals surface area contributed by atoms with Gasteiger partial charge in [-0.15, -0.1) is 0 Å². The summed E-state index contributed by atoms with van der Waals surface area (Å²) in [7, 11) is 10.3. The first-order valence-electron chi connectivity index (χ1n) is 2.52. The molecule has 0 spiro atoms. The standard InChI is InChI=1S/C4H12As2OS2/c1-5(2,8)7-6(3,4)9/h1-4H3. The van der Waals surface area contributed by atoms with Crippen LogP contribution < -0.4 is 0 Å². The molecule has 0 aromatic rings. The molecule has 0 aliphatic heterocycles. The van der Waals surface area contributed by atoms with Gasteiger partial charge >= 0.3 is 70.8 Å². The van der Waals surface area contributed by atoms with Crippen LogP contribution in [0.2, 0.25) is 22.8 Å². The van der Waals surface area contributed by atoms with Gasteiger partial charge in [0.15, 0.2) is 0 Å². The fourth-order valence-electron chi connectivity index (χ4n) is 0.474. The molecular weight excluding hydrogens is 278 g/mol. The Balaban J connectivity index is 4.07. The fraction of sp³-hybridized carbons (Fsp3) is 1.00. The van der Waals surface area contributed by atoms with Crippen molar-refractivity contribution in [3.05, 3.63) is 0 Å². The Hall–Kier alpha value is 1.52.